The Hall–Kier alpha value is -1.09. The van der Waals surface area contributed by atoms with E-state index in [0.29, 0.717) is 18.8 Å². The van der Waals surface area contributed by atoms with Gasteiger partial charge in [-0.05, 0) is 38.2 Å². The highest BCUT2D eigenvalue weighted by Crippen LogP contribution is 2.37. The predicted molar refractivity (Wildman–Crippen MR) is 65.6 cm³/mol. The fourth-order valence-corrected chi connectivity index (χ4v) is 2.46. The molecule has 0 radical (unpaired) electrons. The molecule has 1 unspecified atom stereocenters. The number of carbonyl (C=O) groups excluding carboxylic acids is 1. The van der Waals surface area contributed by atoms with Crippen LogP contribution in [0.5, 0.6) is 0 Å². The summed E-state index contributed by atoms with van der Waals surface area (Å²) in [6.45, 7) is 6.49. The van der Waals surface area contributed by atoms with Crippen LogP contribution in [0.15, 0.2) is 23.8 Å². The maximum atomic E-state index is 11.7. The van der Waals surface area contributed by atoms with Crippen LogP contribution in [-0.2, 0) is 14.3 Å². The van der Waals surface area contributed by atoms with Crippen molar-refractivity contribution in [1.29, 1.82) is 0 Å². The lowest BCUT2D eigenvalue weighted by Gasteiger charge is -2.32. The molecule has 2 rings (SSSR count). The molecule has 0 aromatic rings. The molecule has 1 aliphatic heterocycles. The molecule has 0 spiro atoms. The Balaban J connectivity index is 2.17. The molecule has 0 N–H and O–H groups in total. The molecule has 0 aromatic heterocycles. The Morgan fingerprint density at radius 2 is 2.35 bits per heavy atom. The fraction of sp³-hybridized carbons (Fsp3) is 0.643. The standard InChI is InChI=1S/C14H20O3/c1-11(2)13(15)17-14(8-9-16-10-14)12-6-4-3-5-7-12/h6H,1,3-5,7-10H2,2H3. The molecular weight excluding hydrogens is 216 g/mol. The van der Waals surface area contributed by atoms with Gasteiger partial charge >= 0.3 is 5.97 Å². The number of hydrogen-bond donors (Lipinski definition) is 0. The maximum absolute atomic E-state index is 11.7. The van der Waals surface area contributed by atoms with Crippen molar-refractivity contribution in [3.8, 4) is 0 Å². The Kier molecular flexibility index (Phi) is 3.67. The Morgan fingerprint density at radius 1 is 1.53 bits per heavy atom. The third kappa shape index (κ3) is 2.60. The fourth-order valence-electron chi connectivity index (χ4n) is 2.46. The van der Waals surface area contributed by atoms with Gasteiger partial charge in [0.15, 0.2) is 5.60 Å². The van der Waals surface area contributed by atoms with E-state index >= 15 is 0 Å². The van der Waals surface area contributed by atoms with E-state index in [9.17, 15) is 4.79 Å². The molecule has 1 aliphatic carbocycles. The molecule has 1 heterocycles. The van der Waals surface area contributed by atoms with Gasteiger partial charge in [-0.3, -0.25) is 0 Å². The van der Waals surface area contributed by atoms with E-state index in [0.717, 1.165) is 19.3 Å². The quantitative estimate of drug-likeness (QED) is 0.429. The number of allylic oxidation sites excluding steroid dienone is 1. The van der Waals surface area contributed by atoms with Gasteiger partial charge < -0.3 is 9.47 Å². The second-order valence-electron chi connectivity index (χ2n) is 4.94. The van der Waals surface area contributed by atoms with Gasteiger partial charge in [0, 0.05) is 12.0 Å². The molecule has 3 nitrogen and oxygen atoms in total. The zero-order valence-electron chi connectivity index (χ0n) is 10.5. The Labute approximate surface area is 102 Å². The van der Waals surface area contributed by atoms with Crippen molar-refractivity contribution in [2.24, 2.45) is 0 Å². The minimum Gasteiger partial charge on any atom is -0.449 e. The van der Waals surface area contributed by atoms with E-state index < -0.39 is 5.60 Å². The lowest BCUT2D eigenvalue weighted by Crippen LogP contribution is -2.38. The molecule has 1 saturated heterocycles. The largest absolute Gasteiger partial charge is 0.449 e. The van der Waals surface area contributed by atoms with Crippen LogP contribution < -0.4 is 0 Å². The molecule has 1 atom stereocenters. The molecule has 17 heavy (non-hydrogen) atoms. The zero-order valence-corrected chi connectivity index (χ0v) is 10.5. The first-order valence-electron chi connectivity index (χ1n) is 6.30. The van der Waals surface area contributed by atoms with E-state index in [2.05, 4.69) is 12.7 Å². The SMILES string of the molecule is C=C(C)C(=O)OC1(C2=CCCCC2)CCOC1. The number of ether oxygens (including phenoxy) is 2. The monoisotopic (exact) mass is 236 g/mol. The van der Waals surface area contributed by atoms with Gasteiger partial charge in [0.25, 0.3) is 0 Å². The summed E-state index contributed by atoms with van der Waals surface area (Å²) >= 11 is 0. The molecule has 1 fully saturated rings. The van der Waals surface area contributed by atoms with Crippen LogP contribution in [0, 0.1) is 0 Å². The van der Waals surface area contributed by atoms with Gasteiger partial charge in [-0.2, -0.15) is 0 Å². The number of hydrogen-bond acceptors (Lipinski definition) is 3. The van der Waals surface area contributed by atoms with Crippen molar-refractivity contribution < 1.29 is 14.3 Å². The van der Waals surface area contributed by atoms with Crippen LogP contribution in [0.3, 0.4) is 0 Å². The molecule has 2 aliphatic rings. The van der Waals surface area contributed by atoms with Crippen molar-refractivity contribution in [3.05, 3.63) is 23.8 Å². The number of carbonyl (C=O) groups is 1. The first-order chi connectivity index (χ1) is 8.14. The van der Waals surface area contributed by atoms with Crippen molar-refractivity contribution in [2.75, 3.05) is 13.2 Å². The van der Waals surface area contributed by atoms with Gasteiger partial charge in [0.1, 0.15) is 0 Å². The topological polar surface area (TPSA) is 35.5 Å². The lowest BCUT2D eigenvalue weighted by molar-refractivity contribution is -0.151. The molecular formula is C14H20O3. The Bertz CT molecular complexity index is 348. The third-order valence-corrected chi connectivity index (χ3v) is 3.50. The lowest BCUT2D eigenvalue weighted by atomic mass is 9.84. The summed E-state index contributed by atoms with van der Waals surface area (Å²) in [7, 11) is 0. The van der Waals surface area contributed by atoms with Crippen LogP contribution in [-0.4, -0.2) is 24.8 Å². The highest BCUT2D eigenvalue weighted by Gasteiger charge is 2.42. The highest BCUT2D eigenvalue weighted by molar-refractivity contribution is 5.87. The van der Waals surface area contributed by atoms with Crippen molar-refractivity contribution in [1.82, 2.24) is 0 Å². The first-order valence-corrected chi connectivity index (χ1v) is 6.30. The molecule has 0 amide bonds. The van der Waals surface area contributed by atoms with Crippen LogP contribution in [0.4, 0.5) is 0 Å². The summed E-state index contributed by atoms with van der Waals surface area (Å²) in [5, 5.41) is 0. The third-order valence-electron chi connectivity index (χ3n) is 3.50. The van der Waals surface area contributed by atoms with Crippen LogP contribution >= 0.6 is 0 Å². The first kappa shape index (κ1) is 12.4. The minimum atomic E-state index is -0.504. The molecule has 0 aromatic carbocycles. The minimum absolute atomic E-state index is 0.304. The summed E-state index contributed by atoms with van der Waals surface area (Å²) in [6.07, 6.45) is 7.52. The summed E-state index contributed by atoms with van der Waals surface area (Å²) in [6, 6.07) is 0. The molecule has 0 saturated carbocycles. The van der Waals surface area contributed by atoms with Crippen LogP contribution in [0.1, 0.15) is 39.0 Å². The average Bonchev–Trinajstić information content (AvgIpc) is 2.80. The second kappa shape index (κ2) is 5.05. The summed E-state index contributed by atoms with van der Waals surface area (Å²) in [5.74, 6) is -0.304. The van der Waals surface area contributed by atoms with E-state index in [1.54, 1.807) is 6.92 Å². The highest BCUT2D eigenvalue weighted by atomic mass is 16.6. The smallest absolute Gasteiger partial charge is 0.334 e. The summed E-state index contributed by atoms with van der Waals surface area (Å²) in [4.78, 5) is 11.7. The van der Waals surface area contributed by atoms with Crippen molar-refractivity contribution in [3.63, 3.8) is 0 Å². The van der Waals surface area contributed by atoms with E-state index in [-0.39, 0.29) is 5.97 Å². The van der Waals surface area contributed by atoms with E-state index in [1.165, 1.54) is 18.4 Å². The molecule has 3 heteroatoms. The molecule has 0 bridgehead atoms. The summed E-state index contributed by atoms with van der Waals surface area (Å²) in [5.41, 5.74) is 1.19. The van der Waals surface area contributed by atoms with Gasteiger partial charge in [-0.1, -0.05) is 12.7 Å². The van der Waals surface area contributed by atoms with Gasteiger partial charge in [-0.15, -0.1) is 0 Å². The van der Waals surface area contributed by atoms with Gasteiger partial charge in [0.2, 0.25) is 0 Å². The second-order valence-corrected chi connectivity index (χ2v) is 4.94. The maximum Gasteiger partial charge on any atom is 0.334 e. The number of rotatable bonds is 3. The van der Waals surface area contributed by atoms with Gasteiger partial charge in [-0.25, -0.2) is 4.79 Å². The van der Waals surface area contributed by atoms with Crippen molar-refractivity contribution >= 4 is 5.97 Å². The normalized spacial score (nSPS) is 28.6. The average molecular weight is 236 g/mol. The van der Waals surface area contributed by atoms with Crippen LogP contribution in [0.2, 0.25) is 0 Å². The predicted octanol–water partition coefficient (Wildman–Crippen LogP) is 2.77. The van der Waals surface area contributed by atoms with E-state index in [1.807, 2.05) is 0 Å². The van der Waals surface area contributed by atoms with E-state index in [4.69, 9.17) is 9.47 Å². The number of esters is 1. The van der Waals surface area contributed by atoms with Crippen molar-refractivity contribution in [2.45, 2.75) is 44.6 Å². The van der Waals surface area contributed by atoms with Gasteiger partial charge in [0.05, 0.1) is 13.2 Å². The molecule has 94 valence electrons. The van der Waals surface area contributed by atoms with Crippen LogP contribution in [0.25, 0.3) is 0 Å². The zero-order chi connectivity index (χ0) is 12.3. The Morgan fingerprint density at radius 3 is 2.88 bits per heavy atom. The summed E-state index contributed by atoms with van der Waals surface area (Å²) < 4.78 is 11.1.